The normalized spacial score (nSPS) is 10.8. The number of aliphatic hydroxyl groups is 1. The van der Waals surface area contributed by atoms with Gasteiger partial charge in [0.2, 0.25) is 0 Å². The van der Waals surface area contributed by atoms with Crippen molar-refractivity contribution in [2.45, 2.75) is 19.9 Å². The van der Waals surface area contributed by atoms with Crippen molar-refractivity contribution in [1.82, 2.24) is 9.47 Å². The standard InChI is InChI=1S/C16H20N2O2/c1-13(2)18(11-12-19)16(20)14-5-7-15(8-6-14)17-9-3-4-10-17/h3-10,13,19H,11-12H2,1-2H3. The summed E-state index contributed by atoms with van der Waals surface area (Å²) in [5.41, 5.74) is 1.66. The Bertz CT molecular complexity index is 544. The highest BCUT2D eigenvalue weighted by Gasteiger charge is 2.17. The van der Waals surface area contributed by atoms with E-state index in [1.54, 1.807) is 4.90 Å². The number of aliphatic hydroxyl groups excluding tert-OH is 1. The van der Waals surface area contributed by atoms with Crippen molar-refractivity contribution in [3.8, 4) is 5.69 Å². The van der Waals surface area contributed by atoms with Gasteiger partial charge in [0.15, 0.2) is 0 Å². The number of carbonyl (C=O) groups excluding carboxylic acids is 1. The first kappa shape index (κ1) is 14.3. The number of rotatable bonds is 5. The molecule has 106 valence electrons. The molecular weight excluding hydrogens is 252 g/mol. The van der Waals surface area contributed by atoms with Crippen LogP contribution >= 0.6 is 0 Å². The van der Waals surface area contributed by atoms with Gasteiger partial charge in [-0.25, -0.2) is 0 Å². The summed E-state index contributed by atoms with van der Waals surface area (Å²) >= 11 is 0. The maximum atomic E-state index is 12.4. The molecule has 0 aliphatic rings. The molecule has 4 heteroatoms. The summed E-state index contributed by atoms with van der Waals surface area (Å²) in [6, 6.07) is 11.5. The van der Waals surface area contributed by atoms with E-state index in [9.17, 15) is 4.79 Å². The highest BCUT2D eigenvalue weighted by Crippen LogP contribution is 2.13. The maximum absolute atomic E-state index is 12.4. The third-order valence-corrected chi connectivity index (χ3v) is 3.24. The lowest BCUT2D eigenvalue weighted by Crippen LogP contribution is -2.38. The fourth-order valence-electron chi connectivity index (χ4n) is 2.15. The van der Waals surface area contributed by atoms with Crippen LogP contribution in [0.25, 0.3) is 5.69 Å². The van der Waals surface area contributed by atoms with Crippen LogP contribution in [0.15, 0.2) is 48.8 Å². The van der Waals surface area contributed by atoms with Crippen LogP contribution in [0, 0.1) is 0 Å². The monoisotopic (exact) mass is 272 g/mol. The predicted molar refractivity (Wildman–Crippen MR) is 79.0 cm³/mol. The summed E-state index contributed by atoms with van der Waals surface area (Å²) in [6.07, 6.45) is 3.92. The van der Waals surface area contributed by atoms with Crippen LogP contribution in [-0.2, 0) is 0 Å². The van der Waals surface area contributed by atoms with Crippen molar-refractivity contribution < 1.29 is 9.90 Å². The van der Waals surface area contributed by atoms with Crippen LogP contribution in [-0.4, -0.2) is 39.7 Å². The van der Waals surface area contributed by atoms with Crippen LogP contribution in [0.1, 0.15) is 24.2 Å². The lowest BCUT2D eigenvalue weighted by Gasteiger charge is -2.26. The van der Waals surface area contributed by atoms with E-state index in [0.717, 1.165) is 5.69 Å². The van der Waals surface area contributed by atoms with Crippen LogP contribution in [0.4, 0.5) is 0 Å². The Morgan fingerprint density at radius 1 is 1.20 bits per heavy atom. The quantitative estimate of drug-likeness (QED) is 0.908. The van der Waals surface area contributed by atoms with Crippen LogP contribution < -0.4 is 0 Å². The van der Waals surface area contributed by atoms with Crippen molar-refractivity contribution in [2.75, 3.05) is 13.2 Å². The summed E-state index contributed by atoms with van der Waals surface area (Å²) in [7, 11) is 0. The molecule has 0 atom stereocenters. The first-order chi connectivity index (χ1) is 9.63. The van der Waals surface area contributed by atoms with Crippen molar-refractivity contribution in [3.63, 3.8) is 0 Å². The third kappa shape index (κ3) is 3.08. The average Bonchev–Trinajstić information content (AvgIpc) is 2.98. The van der Waals surface area contributed by atoms with Crippen molar-refractivity contribution in [1.29, 1.82) is 0 Å². The largest absolute Gasteiger partial charge is 0.395 e. The molecule has 0 saturated carbocycles. The van der Waals surface area contributed by atoms with E-state index in [1.807, 2.05) is 67.2 Å². The third-order valence-electron chi connectivity index (χ3n) is 3.24. The topological polar surface area (TPSA) is 45.5 Å². The van der Waals surface area contributed by atoms with E-state index in [2.05, 4.69) is 0 Å². The van der Waals surface area contributed by atoms with E-state index in [0.29, 0.717) is 12.1 Å². The molecule has 0 bridgehead atoms. The molecule has 0 fully saturated rings. The summed E-state index contributed by atoms with van der Waals surface area (Å²) < 4.78 is 1.99. The Balaban J connectivity index is 2.18. The van der Waals surface area contributed by atoms with Gasteiger partial charge in [-0.2, -0.15) is 0 Å². The smallest absolute Gasteiger partial charge is 0.254 e. The Morgan fingerprint density at radius 2 is 1.80 bits per heavy atom. The van der Waals surface area contributed by atoms with E-state index >= 15 is 0 Å². The second-order valence-electron chi connectivity index (χ2n) is 4.95. The Hall–Kier alpha value is -2.07. The zero-order valence-corrected chi connectivity index (χ0v) is 11.9. The molecule has 0 unspecified atom stereocenters. The number of aromatic nitrogens is 1. The number of benzene rings is 1. The predicted octanol–water partition coefficient (Wildman–Crippen LogP) is 2.32. The molecule has 2 rings (SSSR count). The van der Waals surface area contributed by atoms with E-state index in [4.69, 9.17) is 5.11 Å². The van der Waals surface area contributed by atoms with Gasteiger partial charge >= 0.3 is 0 Å². The molecule has 0 spiro atoms. The average molecular weight is 272 g/mol. The number of hydrogen-bond donors (Lipinski definition) is 1. The van der Waals surface area contributed by atoms with Gasteiger partial charge in [-0.3, -0.25) is 4.79 Å². The first-order valence-electron chi connectivity index (χ1n) is 6.78. The Kier molecular flexibility index (Phi) is 4.58. The van der Waals surface area contributed by atoms with Gasteiger partial charge in [-0.05, 0) is 50.2 Å². The fourth-order valence-corrected chi connectivity index (χ4v) is 2.15. The molecule has 1 amide bonds. The van der Waals surface area contributed by atoms with Crippen molar-refractivity contribution in [2.24, 2.45) is 0 Å². The van der Waals surface area contributed by atoms with Crippen molar-refractivity contribution in [3.05, 3.63) is 54.4 Å². The molecular formula is C16H20N2O2. The minimum absolute atomic E-state index is 0.0224. The lowest BCUT2D eigenvalue weighted by molar-refractivity contribution is 0.0665. The van der Waals surface area contributed by atoms with Gasteiger partial charge in [0.1, 0.15) is 0 Å². The highest BCUT2D eigenvalue weighted by molar-refractivity contribution is 5.94. The molecule has 0 saturated heterocycles. The molecule has 1 heterocycles. The maximum Gasteiger partial charge on any atom is 0.254 e. The minimum Gasteiger partial charge on any atom is -0.395 e. The van der Waals surface area contributed by atoms with Crippen LogP contribution in [0.3, 0.4) is 0 Å². The summed E-state index contributed by atoms with van der Waals surface area (Å²) in [6.45, 7) is 4.23. The van der Waals surface area contributed by atoms with Gasteiger partial charge in [-0.1, -0.05) is 0 Å². The fraction of sp³-hybridized carbons (Fsp3) is 0.312. The highest BCUT2D eigenvalue weighted by atomic mass is 16.3. The second kappa shape index (κ2) is 6.39. The number of carbonyl (C=O) groups is 1. The van der Waals surface area contributed by atoms with Gasteiger partial charge in [0.05, 0.1) is 6.61 Å². The summed E-state index contributed by atoms with van der Waals surface area (Å²) in [5.74, 6) is -0.0480. The minimum atomic E-state index is -0.0480. The van der Waals surface area contributed by atoms with Gasteiger partial charge < -0.3 is 14.6 Å². The lowest BCUT2D eigenvalue weighted by atomic mass is 10.1. The van der Waals surface area contributed by atoms with Crippen molar-refractivity contribution >= 4 is 5.91 Å². The SMILES string of the molecule is CC(C)N(CCO)C(=O)c1ccc(-n2cccc2)cc1. The zero-order valence-electron chi connectivity index (χ0n) is 11.9. The molecule has 0 radical (unpaired) electrons. The molecule has 1 aromatic heterocycles. The van der Waals surface area contributed by atoms with Gasteiger partial charge in [0, 0.05) is 36.2 Å². The Labute approximate surface area is 119 Å². The van der Waals surface area contributed by atoms with Gasteiger partial charge in [-0.15, -0.1) is 0 Å². The molecule has 0 aliphatic carbocycles. The number of hydrogen-bond acceptors (Lipinski definition) is 2. The van der Waals surface area contributed by atoms with Crippen LogP contribution in [0.2, 0.25) is 0 Å². The Morgan fingerprint density at radius 3 is 2.30 bits per heavy atom. The number of amides is 1. The van der Waals surface area contributed by atoms with Crippen LogP contribution in [0.5, 0.6) is 0 Å². The summed E-state index contributed by atoms with van der Waals surface area (Å²) in [4.78, 5) is 14.1. The molecule has 1 N–H and O–H groups in total. The molecule has 4 nitrogen and oxygen atoms in total. The molecule has 0 aliphatic heterocycles. The number of nitrogens with zero attached hydrogens (tertiary/aromatic N) is 2. The van der Waals surface area contributed by atoms with E-state index < -0.39 is 0 Å². The summed E-state index contributed by atoms with van der Waals surface area (Å²) in [5, 5.41) is 9.05. The second-order valence-corrected chi connectivity index (χ2v) is 4.95. The molecule has 20 heavy (non-hydrogen) atoms. The van der Waals surface area contributed by atoms with E-state index in [-0.39, 0.29) is 18.6 Å². The zero-order chi connectivity index (χ0) is 14.5. The molecule has 2 aromatic rings. The van der Waals surface area contributed by atoms with Gasteiger partial charge in [0.25, 0.3) is 5.91 Å². The molecule has 1 aromatic carbocycles. The first-order valence-corrected chi connectivity index (χ1v) is 6.78. The van der Waals surface area contributed by atoms with E-state index in [1.165, 1.54) is 0 Å².